The first-order valence-electron chi connectivity index (χ1n) is 10.0. The summed E-state index contributed by atoms with van der Waals surface area (Å²) in [7, 11) is 2.11. The lowest BCUT2D eigenvalue weighted by atomic mass is 10.1. The number of benzene rings is 1. The summed E-state index contributed by atoms with van der Waals surface area (Å²) in [6, 6.07) is 7.66. The number of anilines is 3. The minimum Gasteiger partial charge on any atom is -0.338 e. The molecule has 0 aliphatic carbocycles. The number of aromatic nitrogens is 5. The Labute approximate surface area is 189 Å². The van der Waals surface area contributed by atoms with Crippen LogP contribution >= 0.6 is 15.9 Å². The second-order valence-corrected chi connectivity index (χ2v) is 8.11. The number of halogens is 1. The highest BCUT2D eigenvalue weighted by Gasteiger charge is 2.19. The fourth-order valence-corrected chi connectivity index (χ4v) is 3.47. The molecule has 4 rings (SSSR count). The molecule has 0 unspecified atom stereocenters. The second kappa shape index (κ2) is 9.32. The molecular weight excluding hydrogens is 458 g/mol. The number of rotatable bonds is 5. The number of likely N-dealkylation sites (N-methyl/N-ethyl adjacent to an activating group) is 1. The Morgan fingerprint density at radius 3 is 2.45 bits per heavy atom. The molecule has 1 saturated heterocycles. The molecule has 3 heterocycles. The molecule has 10 heteroatoms. The van der Waals surface area contributed by atoms with E-state index >= 15 is 0 Å². The average Bonchev–Trinajstić information content (AvgIpc) is 2.80. The molecule has 1 aromatic carbocycles. The van der Waals surface area contributed by atoms with Crippen molar-refractivity contribution < 1.29 is 0 Å². The summed E-state index contributed by atoms with van der Waals surface area (Å²) >= 11 is 3.43. The fraction of sp³-hybridized carbons (Fsp3) is 0.333. The zero-order chi connectivity index (χ0) is 21.8. The average molecular weight is 480 g/mol. The van der Waals surface area contributed by atoms with Crippen LogP contribution in [0.2, 0.25) is 0 Å². The number of hydrogen-bond acceptors (Lipinski definition) is 8. The van der Waals surface area contributed by atoms with Crippen molar-refractivity contribution in [1.29, 1.82) is 0 Å². The van der Waals surface area contributed by atoms with Crippen molar-refractivity contribution in [3.63, 3.8) is 0 Å². The van der Waals surface area contributed by atoms with Crippen LogP contribution in [0.15, 0.2) is 34.9 Å². The van der Waals surface area contributed by atoms with Gasteiger partial charge < -0.3 is 9.80 Å². The highest BCUT2D eigenvalue weighted by molar-refractivity contribution is 9.10. The van der Waals surface area contributed by atoms with Gasteiger partial charge in [0.1, 0.15) is 5.82 Å². The monoisotopic (exact) mass is 479 g/mol. The van der Waals surface area contributed by atoms with Crippen LogP contribution in [0.25, 0.3) is 16.1 Å². The van der Waals surface area contributed by atoms with Gasteiger partial charge >= 0.3 is 0 Å². The van der Waals surface area contributed by atoms with Crippen LogP contribution < -0.4 is 10.2 Å². The Morgan fingerprint density at radius 2 is 1.77 bits per heavy atom. The van der Waals surface area contributed by atoms with Crippen molar-refractivity contribution in [3.8, 4) is 11.3 Å². The number of hydrogen-bond donors (Lipinski definition) is 1. The van der Waals surface area contributed by atoms with E-state index in [-0.39, 0.29) is 0 Å². The first-order valence-corrected chi connectivity index (χ1v) is 10.8. The Kier molecular flexibility index (Phi) is 6.34. The lowest BCUT2D eigenvalue weighted by Gasteiger charge is -2.32. The zero-order valence-electron chi connectivity index (χ0n) is 17.4. The van der Waals surface area contributed by atoms with Gasteiger partial charge in [0.2, 0.25) is 23.5 Å². The molecule has 158 valence electrons. The third-order valence-corrected chi connectivity index (χ3v) is 5.53. The van der Waals surface area contributed by atoms with Gasteiger partial charge in [-0.05, 0) is 24.7 Å². The van der Waals surface area contributed by atoms with Gasteiger partial charge in [-0.1, -0.05) is 35.0 Å². The lowest BCUT2D eigenvalue weighted by Crippen LogP contribution is -2.45. The van der Waals surface area contributed by atoms with Crippen molar-refractivity contribution in [2.24, 2.45) is 0 Å². The van der Waals surface area contributed by atoms with Gasteiger partial charge in [-0.15, -0.1) is 0 Å². The van der Waals surface area contributed by atoms with E-state index in [2.05, 4.69) is 67.9 Å². The van der Waals surface area contributed by atoms with E-state index in [1.54, 1.807) is 0 Å². The summed E-state index contributed by atoms with van der Waals surface area (Å²) in [4.78, 5) is 30.6. The second-order valence-electron chi connectivity index (χ2n) is 7.19. The van der Waals surface area contributed by atoms with E-state index in [4.69, 9.17) is 6.57 Å². The summed E-state index contributed by atoms with van der Waals surface area (Å²) in [6.45, 7) is 13.1. The molecule has 1 fully saturated rings. The minimum atomic E-state index is 0.336. The van der Waals surface area contributed by atoms with Crippen molar-refractivity contribution in [2.45, 2.75) is 13.3 Å². The highest BCUT2D eigenvalue weighted by Crippen LogP contribution is 2.30. The molecule has 0 atom stereocenters. The zero-order valence-corrected chi connectivity index (χ0v) is 19.0. The van der Waals surface area contributed by atoms with Gasteiger partial charge in [0.25, 0.3) is 0 Å². The fourth-order valence-electron chi connectivity index (χ4n) is 3.21. The normalized spacial score (nSPS) is 14.3. The molecule has 31 heavy (non-hydrogen) atoms. The molecule has 1 N–H and O–H groups in total. The molecule has 1 aliphatic heterocycles. The first-order chi connectivity index (χ1) is 15.1. The molecule has 0 amide bonds. The van der Waals surface area contributed by atoms with E-state index in [1.807, 2.05) is 31.2 Å². The van der Waals surface area contributed by atoms with Crippen LogP contribution in [0.3, 0.4) is 0 Å². The van der Waals surface area contributed by atoms with Crippen LogP contribution in [0, 0.1) is 6.57 Å². The molecule has 0 saturated carbocycles. The molecule has 0 radical (unpaired) electrons. The molecule has 9 nitrogen and oxygen atoms in total. The van der Waals surface area contributed by atoms with E-state index < -0.39 is 0 Å². The quantitative estimate of drug-likeness (QED) is 0.554. The smallest absolute Gasteiger partial charge is 0.234 e. The minimum absolute atomic E-state index is 0.336. The Hall–Kier alpha value is -3.16. The van der Waals surface area contributed by atoms with Crippen molar-refractivity contribution in [1.82, 2.24) is 29.8 Å². The van der Waals surface area contributed by atoms with Crippen LogP contribution in [0.5, 0.6) is 0 Å². The van der Waals surface area contributed by atoms with Crippen LogP contribution in [-0.4, -0.2) is 63.0 Å². The first kappa shape index (κ1) is 21.1. The predicted octanol–water partition coefficient (Wildman–Crippen LogP) is 3.70. The Balaban J connectivity index is 1.64. The van der Waals surface area contributed by atoms with Gasteiger partial charge in [0, 0.05) is 43.3 Å². The summed E-state index contributed by atoms with van der Waals surface area (Å²) in [5.41, 5.74) is 1.78. The van der Waals surface area contributed by atoms with Crippen LogP contribution in [0.1, 0.15) is 12.7 Å². The van der Waals surface area contributed by atoms with E-state index in [1.165, 1.54) is 6.20 Å². The van der Waals surface area contributed by atoms with Crippen molar-refractivity contribution >= 4 is 39.5 Å². The maximum Gasteiger partial charge on any atom is 0.234 e. The SMILES string of the molecule is [C-]#[N+]c1cnc(Nc2nc(CC)nc(N3CCN(C)CC3)n2)nc1-c1ccc(Br)cc1. The summed E-state index contributed by atoms with van der Waals surface area (Å²) in [6.07, 6.45) is 2.21. The third-order valence-electron chi connectivity index (χ3n) is 5.00. The van der Waals surface area contributed by atoms with Gasteiger partial charge in [0.15, 0.2) is 0 Å². The lowest BCUT2D eigenvalue weighted by molar-refractivity contribution is 0.311. The summed E-state index contributed by atoms with van der Waals surface area (Å²) < 4.78 is 0.960. The van der Waals surface area contributed by atoms with Crippen LogP contribution in [0.4, 0.5) is 23.5 Å². The van der Waals surface area contributed by atoms with E-state index in [9.17, 15) is 0 Å². The number of aryl methyl sites for hydroxylation is 1. The molecule has 3 aromatic rings. The Bertz CT molecular complexity index is 1100. The van der Waals surface area contributed by atoms with Gasteiger partial charge in [0.05, 0.1) is 12.3 Å². The predicted molar refractivity (Wildman–Crippen MR) is 124 cm³/mol. The maximum absolute atomic E-state index is 7.45. The topological polar surface area (TPSA) is 87.3 Å². The van der Waals surface area contributed by atoms with Crippen molar-refractivity contribution in [3.05, 3.63) is 52.2 Å². The molecule has 0 spiro atoms. The highest BCUT2D eigenvalue weighted by atomic mass is 79.9. The van der Waals surface area contributed by atoms with Gasteiger partial charge in [-0.2, -0.15) is 15.0 Å². The van der Waals surface area contributed by atoms with Crippen molar-refractivity contribution in [2.75, 3.05) is 43.4 Å². The number of piperazine rings is 1. The third kappa shape index (κ3) is 4.95. The largest absolute Gasteiger partial charge is 0.338 e. The van der Waals surface area contributed by atoms with Crippen LogP contribution in [-0.2, 0) is 6.42 Å². The van der Waals surface area contributed by atoms with E-state index in [0.717, 1.165) is 36.2 Å². The van der Waals surface area contributed by atoms with Gasteiger partial charge in [-0.3, -0.25) is 5.32 Å². The molecular formula is C21H22BrN9. The summed E-state index contributed by atoms with van der Waals surface area (Å²) in [5.74, 6) is 2.10. The van der Waals surface area contributed by atoms with E-state index in [0.29, 0.717) is 41.5 Å². The molecule has 1 aliphatic rings. The number of nitrogens with zero attached hydrogens (tertiary/aromatic N) is 8. The van der Waals surface area contributed by atoms with Gasteiger partial charge in [-0.25, -0.2) is 14.8 Å². The molecule has 0 bridgehead atoms. The number of nitrogens with one attached hydrogen (secondary N) is 1. The Morgan fingerprint density at radius 1 is 1.03 bits per heavy atom. The molecule has 2 aromatic heterocycles. The standard InChI is InChI=1S/C21H22BrN9/c1-4-17-25-20(29-21(26-17)31-11-9-30(3)10-12-31)28-19-24-13-16(23-2)18(27-19)14-5-7-15(22)8-6-14/h5-8,13H,4,9-12H2,1,3H3,(H,24,25,26,27,28,29). The summed E-state index contributed by atoms with van der Waals surface area (Å²) in [5, 5.41) is 3.11. The maximum atomic E-state index is 7.45.